The first kappa shape index (κ1) is 20.9. The number of rotatable bonds is 8. The summed E-state index contributed by atoms with van der Waals surface area (Å²) in [6.45, 7) is 8.17. The molecule has 1 amide bonds. The van der Waals surface area contributed by atoms with Crippen molar-refractivity contribution in [1.29, 1.82) is 0 Å². The van der Waals surface area contributed by atoms with Gasteiger partial charge in [-0.1, -0.05) is 12.1 Å². The van der Waals surface area contributed by atoms with E-state index in [4.69, 9.17) is 4.74 Å². The van der Waals surface area contributed by atoms with E-state index in [2.05, 4.69) is 5.32 Å². The fraction of sp³-hybridized carbons (Fsp3) is 0.632. The van der Waals surface area contributed by atoms with Crippen molar-refractivity contribution in [2.24, 2.45) is 5.92 Å². The predicted molar refractivity (Wildman–Crippen MR) is 102 cm³/mol. The van der Waals surface area contributed by atoms with E-state index in [0.29, 0.717) is 37.6 Å². The van der Waals surface area contributed by atoms with Gasteiger partial charge in [-0.15, -0.1) is 0 Å². The number of nitrogens with one attached hydrogen (secondary N) is 1. The van der Waals surface area contributed by atoms with Crippen LogP contribution in [0.5, 0.6) is 0 Å². The molecule has 2 rings (SSSR count). The van der Waals surface area contributed by atoms with Crippen LogP contribution in [0.15, 0.2) is 23.1 Å². The standard InChI is InChI=1S/C19H30N2O4S/c1-4-25-12-6-10-20-19(22)17-7-5-11-21(14-17)26(23,24)18-13-15(2)8-9-16(18)3/h8-9,13,17H,4-7,10-12,14H2,1-3H3,(H,20,22)/t17-/m0/s1. The molecule has 1 heterocycles. The molecule has 0 aliphatic carbocycles. The molecule has 0 unspecified atom stereocenters. The Kier molecular flexibility index (Phi) is 7.61. The molecule has 0 radical (unpaired) electrons. The van der Waals surface area contributed by atoms with Crippen molar-refractivity contribution < 1.29 is 17.9 Å². The Morgan fingerprint density at radius 3 is 2.85 bits per heavy atom. The summed E-state index contributed by atoms with van der Waals surface area (Å²) in [7, 11) is -3.58. The quantitative estimate of drug-likeness (QED) is 0.700. The van der Waals surface area contributed by atoms with Gasteiger partial charge in [0.15, 0.2) is 0 Å². The van der Waals surface area contributed by atoms with Crippen LogP contribution in [-0.4, -0.2) is 51.5 Å². The van der Waals surface area contributed by atoms with Crippen LogP contribution in [0.3, 0.4) is 0 Å². The smallest absolute Gasteiger partial charge is 0.243 e. The molecule has 1 N–H and O–H groups in total. The first-order chi connectivity index (χ1) is 12.4. The second kappa shape index (κ2) is 9.48. The third-order valence-corrected chi connectivity index (χ3v) is 6.69. The van der Waals surface area contributed by atoms with Crippen LogP contribution in [0.1, 0.15) is 37.3 Å². The molecule has 1 fully saturated rings. The molecule has 7 heteroatoms. The minimum absolute atomic E-state index is 0.0673. The molecule has 0 bridgehead atoms. The van der Waals surface area contributed by atoms with Gasteiger partial charge in [-0.2, -0.15) is 4.31 Å². The van der Waals surface area contributed by atoms with Crippen LogP contribution in [0.25, 0.3) is 0 Å². The van der Waals surface area contributed by atoms with E-state index in [1.54, 1.807) is 13.0 Å². The van der Waals surface area contributed by atoms with Gasteiger partial charge >= 0.3 is 0 Å². The highest BCUT2D eigenvalue weighted by atomic mass is 32.2. The van der Waals surface area contributed by atoms with Crippen LogP contribution in [0.2, 0.25) is 0 Å². The summed E-state index contributed by atoms with van der Waals surface area (Å²) in [6.07, 6.45) is 2.17. The molecule has 6 nitrogen and oxygen atoms in total. The predicted octanol–water partition coefficient (Wildman–Crippen LogP) is 2.25. The zero-order valence-electron chi connectivity index (χ0n) is 16.0. The summed E-state index contributed by atoms with van der Waals surface area (Å²) >= 11 is 0. The molecule has 26 heavy (non-hydrogen) atoms. The van der Waals surface area contributed by atoms with E-state index in [-0.39, 0.29) is 18.4 Å². The largest absolute Gasteiger partial charge is 0.382 e. The first-order valence-electron chi connectivity index (χ1n) is 9.29. The van der Waals surface area contributed by atoms with Crippen LogP contribution in [0.4, 0.5) is 0 Å². The lowest BCUT2D eigenvalue weighted by Gasteiger charge is -2.31. The molecule has 1 aliphatic heterocycles. The Labute approximate surface area is 157 Å². The molecular formula is C19H30N2O4S. The van der Waals surface area contributed by atoms with E-state index < -0.39 is 10.0 Å². The van der Waals surface area contributed by atoms with Gasteiger partial charge in [0.2, 0.25) is 15.9 Å². The summed E-state index contributed by atoms with van der Waals surface area (Å²) in [5.41, 5.74) is 1.65. The molecule has 0 aromatic heterocycles. The van der Waals surface area contributed by atoms with E-state index in [1.165, 1.54) is 4.31 Å². The number of nitrogens with zero attached hydrogens (tertiary/aromatic N) is 1. The van der Waals surface area contributed by atoms with Gasteiger partial charge in [0.1, 0.15) is 0 Å². The third kappa shape index (κ3) is 5.28. The van der Waals surface area contributed by atoms with E-state index in [9.17, 15) is 13.2 Å². The normalized spacial score (nSPS) is 18.7. The van der Waals surface area contributed by atoms with Crippen molar-refractivity contribution in [3.8, 4) is 0 Å². The zero-order valence-corrected chi connectivity index (χ0v) is 16.8. The zero-order chi connectivity index (χ0) is 19.2. The minimum atomic E-state index is -3.58. The summed E-state index contributed by atoms with van der Waals surface area (Å²) in [4.78, 5) is 12.7. The fourth-order valence-electron chi connectivity index (χ4n) is 3.17. The van der Waals surface area contributed by atoms with Crippen LogP contribution < -0.4 is 5.32 Å². The molecule has 1 aliphatic rings. The lowest BCUT2D eigenvalue weighted by Crippen LogP contribution is -2.45. The molecule has 0 saturated carbocycles. The maximum atomic E-state index is 13.0. The van der Waals surface area contributed by atoms with Gasteiger partial charge in [-0.3, -0.25) is 4.79 Å². The number of carbonyl (C=O) groups is 1. The summed E-state index contributed by atoms with van der Waals surface area (Å²) in [5, 5.41) is 2.90. The van der Waals surface area contributed by atoms with Gasteiger partial charge in [0.25, 0.3) is 0 Å². The third-order valence-electron chi connectivity index (χ3n) is 4.69. The van der Waals surface area contributed by atoms with Crippen molar-refractivity contribution in [1.82, 2.24) is 9.62 Å². The average Bonchev–Trinajstić information content (AvgIpc) is 2.63. The first-order valence-corrected chi connectivity index (χ1v) is 10.7. The van der Waals surface area contributed by atoms with Gasteiger partial charge in [-0.05, 0) is 57.2 Å². The van der Waals surface area contributed by atoms with Gasteiger partial charge in [0, 0.05) is 32.8 Å². The summed E-state index contributed by atoms with van der Waals surface area (Å²) in [5.74, 6) is -0.363. The summed E-state index contributed by atoms with van der Waals surface area (Å²) < 4.78 is 32.8. The number of hydrogen-bond acceptors (Lipinski definition) is 4. The Morgan fingerprint density at radius 2 is 2.12 bits per heavy atom. The number of hydrogen-bond donors (Lipinski definition) is 1. The molecule has 1 atom stereocenters. The monoisotopic (exact) mass is 382 g/mol. The maximum Gasteiger partial charge on any atom is 0.243 e. The number of piperidine rings is 1. The topological polar surface area (TPSA) is 75.7 Å². The van der Waals surface area contributed by atoms with Crippen LogP contribution in [0, 0.1) is 19.8 Å². The highest BCUT2D eigenvalue weighted by molar-refractivity contribution is 7.89. The number of ether oxygens (including phenoxy) is 1. The van der Waals surface area contributed by atoms with Gasteiger partial charge in [-0.25, -0.2) is 8.42 Å². The molecule has 1 aromatic rings. The number of carbonyl (C=O) groups excluding carboxylic acids is 1. The highest BCUT2D eigenvalue weighted by Crippen LogP contribution is 2.26. The van der Waals surface area contributed by atoms with Crippen molar-refractivity contribution in [3.63, 3.8) is 0 Å². The Bertz CT molecular complexity index is 718. The lowest BCUT2D eigenvalue weighted by atomic mass is 9.99. The summed E-state index contributed by atoms with van der Waals surface area (Å²) in [6, 6.07) is 5.44. The van der Waals surface area contributed by atoms with Crippen molar-refractivity contribution >= 4 is 15.9 Å². The number of sulfonamides is 1. The number of benzene rings is 1. The minimum Gasteiger partial charge on any atom is -0.382 e. The number of aryl methyl sites for hydroxylation is 2. The average molecular weight is 383 g/mol. The fourth-order valence-corrected chi connectivity index (χ4v) is 5.01. The maximum absolute atomic E-state index is 13.0. The van der Waals surface area contributed by atoms with Gasteiger partial charge in [0.05, 0.1) is 10.8 Å². The van der Waals surface area contributed by atoms with Gasteiger partial charge < -0.3 is 10.1 Å². The van der Waals surface area contributed by atoms with Crippen molar-refractivity contribution in [2.75, 3.05) is 32.8 Å². The van der Waals surface area contributed by atoms with Crippen LogP contribution in [-0.2, 0) is 19.6 Å². The second-order valence-electron chi connectivity index (χ2n) is 6.81. The SMILES string of the molecule is CCOCCCNC(=O)[C@H]1CCCN(S(=O)(=O)c2cc(C)ccc2C)C1. The van der Waals surface area contributed by atoms with E-state index >= 15 is 0 Å². The molecule has 146 valence electrons. The molecule has 1 aromatic carbocycles. The Balaban J connectivity index is 2.00. The molecule has 1 saturated heterocycles. The lowest BCUT2D eigenvalue weighted by molar-refractivity contribution is -0.126. The molecular weight excluding hydrogens is 352 g/mol. The second-order valence-corrected chi connectivity index (χ2v) is 8.72. The van der Waals surface area contributed by atoms with Crippen molar-refractivity contribution in [3.05, 3.63) is 29.3 Å². The van der Waals surface area contributed by atoms with E-state index in [1.807, 2.05) is 26.0 Å². The Hall–Kier alpha value is -1.44. The highest BCUT2D eigenvalue weighted by Gasteiger charge is 2.33. The van der Waals surface area contributed by atoms with Crippen LogP contribution >= 0.6 is 0 Å². The Morgan fingerprint density at radius 1 is 1.35 bits per heavy atom. The molecule has 0 spiro atoms. The number of amides is 1. The van der Waals surface area contributed by atoms with E-state index in [0.717, 1.165) is 24.0 Å². The van der Waals surface area contributed by atoms with Crippen molar-refractivity contribution in [2.45, 2.75) is 44.9 Å².